The van der Waals surface area contributed by atoms with E-state index in [2.05, 4.69) is 38.3 Å². The Morgan fingerprint density at radius 2 is 1.52 bits per heavy atom. The third-order valence-electron chi connectivity index (χ3n) is 3.91. The molecule has 6 heteroatoms. The predicted molar refractivity (Wildman–Crippen MR) is 100 cm³/mol. The van der Waals surface area contributed by atoms with E-state index in [9.17, 15) is 9.59 Å². The summed E-state index contributed by atoms with van der Waals surface area (Å²) < 4.78 is 11.3. The fourth-order valence-electron chi connectivity index (χ4n) is 3.08. The quantitative estimate of drug-likeness (QED) is 0.283. The Labute approximate surface area is 153 Å². The molecule has 0 aliphatic carbocycles. The van der Waals surface area contributed by atoms with E-state index in [-0.39, 0.29) is 16.7 Å². The summed E-state index contributed by atoms with van der Waals surface area (Å²) in [5, 5.41) is 5.91. The average molecular weight is 359 g/mol. The predicted octanol–water partition coefficient (Wildman–Crippen LogP) is 2.51. The van der Waals surface area contributed by atoms with Crippen molar-refractivity contribution < 1.29 is 19.1 Å². The van der Waals surface area contributed by atoms with Gasteiger partial charge in [0.25, 0.3) is 0 Å². The number of amides is 1. The number of nitrogens with one attached hydrogen (secondary N) is 2. The molecule has 0 saturated carbocycles. The summed E-state index contributed by atoms with van der Waals surface area (Å²) in [6, 6.07) is 0. The molecule has 0 aromatic carbocycles. The molecule has 148 valence electrons. The molecule has 0 spiro atoms. The van der Waals surface area contributed by atoms with Crippen molar-refractivity contribution in [2.75, 3.05) is 33.4 Å². The molecule has 1 amide bonds. The Morgan fingerprint density at radius 1 is 0.960 bits per heavy atom. The molecular formula is C19H38N2O4. The zero-order valence-electron chi connectivity index (χ0n) is 17.2. The Hall–Kier alpha value is -0.980. The molecule has 0 radical (unpaired) electrons. The summed E-state index contributed by atoms with van der Waals surface area (Å²) in [6.45, 7) is 14.2. The lowest BCUT2D eigenvalue weighted by atomic mass is 9.72. The van der Waals surface area contributed by atoms with Crippen LogP contribution < -0.4 is 10.6 Å². The van der Waals surface area contributed by atoms with E-state index in [0.717, 1.165) is 19.3 Å². The molecule has 0 atom stereocenters. The van der Waals surface area contributed by atoms with Crippen molar-refractivity contribution >= 4 is 12.2 Å². The van der Waals surface area contributed by atoms with Crippen molar-refractivity contribution in [3.8, 4) is 0 Å². The fourth-order valence-corrected chi connectivity index (χ4v) is 3.08. The van der Waals surface area contributed by atoms with Gasteiger partial charge in [0.1, 0.15) is 6.29 Å². The van der Waals surface area contributed by atoms with Gasteiger partial charge in [-0.15, -0.1) is 0 Å². The molecule has 0 aromatic heterocycles. The van der Waals surface area contributed by atoms with Gasteiger partial charge >= 0.3 is 0 Å². The van der Waals surface area contributed by atoms with Crippen LogP contribution in [0.15, 0.2) is 0 Å². The Balaban J connectivity index is 4.12. The number of rotatable bonds is 14. The number of likely N-dealkylation sites (N-methyl/N-ethyl adjacent to an activating group) is 1. The van der Waals surface area contributed by atoms with E-state index in [1.54, 1.807) is 0 Å². The van der Waals surface area contributed by atoms with Gasteiger partial charge in [-0.2, -0.15) is 0 Å². The first-order valence-corrected chi connectivity index (χ1v) is 9.06. The largest absolute Gasteiger partial charge is 0.354 e. The second-order valence-corrected chi connectivity index (χ2v) is 8.60. The monoisotopic (exact) mass is 358 g/mol. The molecule has 0 heterocycles. The van der Waals surface area contributed by atoms with Gasteiger partial charge in [-0.1, -0.05) is 27.7 Å². The molecular weight excluding hydrogens is 320 g/mol. The second-order valence-electron chi connectivity index (χ2n) is 8.60. The molecule has 0 unspecified atom stereocenters. The van der Waals surface area contributed by atoms with Gasteiger partial charge in [0.05, 0.1) is 13.2 Å². The van der Waals surface area contributed by atoms with Crippen molar-refractivity contribution in [3.05, 3.63) is 0 Å². The van der Waals surface area contributed by atoms with Crippen molar-refractivity contribution in [2.24, 2.45) is 10.8 Å². The van der Waals surface area contributed by atoms with Gasteiger partial charge in [0.2, 0.25) is 5.91 Å². The van der Waals surface area contributed by atoms with E-state index < -0.39 is 5.79 Å². The van der Waals surface area contributed by atoms with Crippen LogP contribution >= 0.6 is 0 Å². The minimum atomic E-state index is -0.667. The zero-order valence-corrected chi connectivity index (χ0v) is 17.2. The van der Waals surface area contributed by atoms with Gasteiger partial charge in [0, 0.05) is 25.9 Å². The summed E-state index contributed by atoms with van der Waals surface area (Å²) >= 11 is 0. The van der Waals surface area contributed by atoms with Crippen LogP contribution in [-0.2, 0) is 19.1 Å². The van der Waals surface area contributed by atoms with Gasteiger partial charge in [0.15, 0.2) is 5.79 Å². The lowest BCUT2D eigenvalue weighted by Gasteiger charge is -2.33. The smallest absolute Gasteiger partial charge is 0.220 e. The summed E-state index contributed by atoms with van der Waals surface area (Å²) in [4.78, 5) is 22.9. The number of ether oxygens (including phenoxy) is 2. The molecule has 6 nitrogen and oxygen atoms in total. The van der Waals surface area contributed by atoms with E-state index >= 15 is 0 Å². The maximum absolute atomic E-state index is 12.2. The van der Waals surface area contributed by atoms with Crippen LogP contribution in [0.5, 0.6) is 0 Å². The lowest BCUT2D eigenvalue weighted by Crippen LogP contribution is -2.37. The topological polar surface area (TPSA) is 76.7 Å². The minimum absolute atomic E-state index is 0.00408. The van der Waals surface area contributed by atoms with Crippen LogP contribution in [-0.4, -0.2) is 51.3 Å². The molecule has 0 aliphatic rings. The van der Waals surface area contributed by atoms with Crippen LogP contribution in [0.3, 0.4) is 0 Å². The number of carbonyl (C=O) groups is 2. The lowest BCUT2D eigenvalue weighted by molar-refractivity contribution is -0.211. The zero-order chi connectivity index (χ0) is 19.6. The minimum Gasteiger partial charge on any atom is -0.354 e. The van der Waals surface area contributed by atoms with Crippen molar-refractivity contribution in [3.63, 3.8) is 0 Å². The standard InChI is InChI=1S/C19H38N2O4/c1-17(2,8-11-22)15-18(3,4)14-16(23)21-10-13-25-19(5,6)24-12-9-20-7/h11,20H,8-10,12-15H2,1-7H3,(H,21,23). The second kappa shape index (κ2) is 10.9. The molecule has 0 aromatic rings. The Morgan fingerprint density at radius 3 is 2.04 bits per heavy atom. The third kappa shape index (κ3) is 13.0. The van der Waals surface area contributed by atoms with Gasteiger partial charge < -0.3 is 24.9 Å². The summed E-state index contributed by atoms with van der Waals surface area (Å²) in [5.74, 6) is -0.663. The Kier molecular flexibility index (Phi) is 10.5. The van der Waals surface area contributed by atoms with Crippen LogP contribution in [0.4, 0.5) is 0 Å². The summed E-state index contributed by atoms with van der Waals surface area (Å²) in [5.41, 5.74) is -0.254. The van der Waals surface area contributed by atoms with E-state index in [4.69, 9.17) is 9.47 Å². The highest BCUT2D eigenvalue weighted by atomic mass is 16.7. The van der Waals surface area contributed by atoms with Crippen LogP contribution in [0.1, 0.15) is 60.8 Å². The SMILES string of the molecule is CNCCOC(C)(C)OCCNC(=O)CC(C)(C)CC(C)(C)CC=O. The number of hydrogen-bond acceptors (Lipinski definition) is 5. The first-order valence-electron chi connectivity index (χ1n) is 9.06. The van der Waals surface area contributed by atoms with Gasteiger partial charge in [-0.05, 0) is 38.1 Å². The average Bonchev–Trinajstić information content (AvgIpc) is 2.41. The number of hydrogen-bond donors (Lipinski definition) is 2. The summed E-state index contributed by atoms with van der Waals surface area (Å²) in [6.07, 6.45) is 2.70. The number of aldehydes is 1. The van der Waals surface area contributed by atoms with E-state index in [1.165, 1.54) is 0 Å². The fraction of sp³-hybridized carbons (Fsp3) is 0.895. The van der Waals surface area contributed by atoms with Gasteiger partial charge in [-0.3, -0.25) is 4.79 Å². The van der Waals surface area contributed by atoms with E-state index in [1.807, 2.05) is 20.9 Å². The number of carbonyl (C=O) groups excluding carboxylic acids is 2. The van der Waals surface area contributed by atoms with Crippen molar-refractivity contribution in [1.82, 2.24) is 10.6 Å². The van der Waals surface area contributed by atoms with Crippen molar-refractivity contribution in [2.45, 2.75) is 66.6 Å². The molecule has 0 saturated heterocycles. The highest BCUT2D eigenvalue weighted by Crippen LogP contribution is 2.37. The van der Waals surface area contributed by atoms with Gasteiger partial charge in [-0.25, -0.2) is 0 Å². The van der Waals surface area contributed by atoms with Crippen LogP contribution in [0.2, 0.25) is 0 Å². The van der Waals surface area contributed by atoms with E-state index in [0.29, 0.717) is 32.6 Å². The molecule has 0 aliphatic heterocycles. The van der Waals surface area contributed by atoms with Crippen LogP contribution in [0.25, 0.3) is 0 Å². The highest BCUT2D eigenvalue weighted by molar-refractivity contribution is 5.76. The first-order chi connectivity index (χ1) is 11.4. The normalized spacial score (nSPS) is 12.9. The summed E-state index contributed by atoms with van der Waals surface area (Å²) in [7, 11) is 1.87. The molecule has 0 rings (SSSR count). The molecule has 0 fully saturated rings. The maximum atomic E-state index is 12.2. The first kappa shape index (κ1) is 24.0. The molecule has 2 N–H and O–H groups in total. The maximum Gasteiger partial charge on any atom is 0.220 e. The molecule has 25 heavy (non-hydrogen) atoms. The van der Waals surface area contributed by atoms with Crippen LogP contribution in [0, 0.1) is 10.8 Å². The highest BCUT2D eigenvalue weighted by Gasteiger charge is 2.30. The Bertz CT molecular complexity index is 406. The molecule has 0 bridgehead atoms. The van der Waals surface area contributed by atoms with Crippen molar-refractivity contribution in [1.29, 1.82) is 0 Å². The third-order valence-corrected chi connectivity index (χ3v) is 3.91.